The van der Waals surface area contributed by atoms with E-state index < -0.39 is 0 Å². The van der Waals surface area contributed by atoms with Crippen molar-refractivity contribution in [1.29, 1.82) is 0 Å². The van der Waals surface area contributed by atoms with Crippen molar-refractivity contribution in [2.45, 2.75) is 19.5 Å². The van der Waals surface area contributed by atoms with Gasteiger partial charge in [0.05, 0.1) is 5.69 Å². The third-order valence-corrected chi connectivity index (χ3v) is 4.41. The van der Waals surface area contributed by atoms with E-state index in [1.165, 1.54) is 16.0 Å². The minimum atomic E-state index is 0.258. The van der Waals surface area contributed by atoms with Crippen molar-refractivity contribution in [3.05, 3.63) is 76.7 Å². The molecular weight excluding hydrogens is 276 g/mol. The van der Waals surface area contributed by atoms with Crippen LogP contribution >= 0.6 is 11.3 Å². The van der Waals surface area contributed by atoms with Gasteiger partial charge in [0, 0.05) is 23.7 Å². The third kappa shape index (κ3) is 3.57. The van der Waals surface area contributed by atoms with E-state index in [0.717, 1.165) is 12.2 Å². The first-order chi connectivity index (χ1) is 10.3. The highest BCUT2D eigenvalue weighted by Gasteiger charge is 2.07. The first-order valence-electron chi connectivity index (χ1n) is 7.10. The number of hydrogen-bond donors (Lipinski definition) is 1. The van der Waals surface area contributed by atoms with Crippen molar-refractivity contribution in [2.24, 2.45) is 0 Å². The number of benzene rings is 1. The van der Waals surface area contributed by atoms with Crippen LogP contribution in [0.3, 0.4) is 0 Å². The van der Waals surface area contributed by atoms with E-state index in [1.54, 1.807) is 11.3 Å². The smallest absolute Gasteiger partial charge is 0.0570 e. The fraction of sp³-hybridized carbons (Fsp3) is 0.167. The zero-order chi connectivity index (χ0) is 14.5. The summed E-state index contributed by atoms with van der Waals surface area (Å²) in [5.41, 5.74) is 3.65. The van der Waals surface area contributed by atoms with E-state index in [1.807, 2.05) is 24.4 Å². The molecule has 106 valence electrons. The first kappa shape index (κ1) is 14.0. The second-order valence-electron chi connectivity index (χ2n) is 5.02. The van der Waals surface area contributed by atoms with Gasteiger partial charge in [-0.15, -0.1) is 11.3 Å². The fourth-order valence-corrected chi connectivity index (χ4v) is 3.09. The summed E-state index contributed by atoms with van der Waals surface area (Å²) in [5.74, 6) is 0. The Morgan fingerprint density at radius 2 is 1.86 bits per heavy atom. The molecule has 3 aromatic rings. The average Bonchev–Trinajstić information content (AvgIpc) is 3.03. The van der Waals surface area contributed by atoms with E-state index in [4.69, 9.17) is 0 Å². The number of hydrogen-bond acceptors (Lipinski definition) is 3. The Kier molecular flexibility index (Phi) is 4.43. The molecule has 3 rings (SSSR count). The molecule has 0 aliphatic heterocycles. The molecule has 1 atom stereocenters. The molecule has 0 spiro atoms. The molecule has 2 aromatic heterocycles. The Morgan fingerprint density at radius 3 is 2.62 bits per heavy atom. The lowest BCUT2D eigenvalue weighted by Gasteiger charge is -2.12. The van der Waals surface area contributed by atoms with Gasteiger partial charge < -0.3 is 5.32 Å². The highest BCUT2D eigenvalue weighted by atomic mass is 32.1. The van der Waals surface area contributed by atoms with Crippen molar-refractivity contribution in [3.63, 3.8) is 0 Å². The normalized spacial score (nSPS) is 12.2. The maximum absolute atomic E-state index is 4.38. The Morgan fingerprint density at radius 1 is 1.05 bits per heavy atom. The number of nitrogens with zero attached hydrogens (tertiary/aromatic N) is 1. The van der Waals surface area contributed by atoms with Crippen LogP contribution in [-0.4, -0.2) is 4.98 Å². The van der Waals surface area contributed by atoms with Crippen LogP contribution in [0.25, 0.3) is 11.1 Å². The summed E-state index contributed by atoms with van der Waals surface area (Å²) in [6.45, 7) is 3.02. The number of rotatable bonds is 5. The monoisotopic (exact) mass is 294 g/mol. The van der Waals surface area contributed by atoms with Crippen LogP contribution < -0.4 is 5.32 Å². The van der Waals surface area contributed by atoms with E-state index in [2.05, 4.69) is 59.0 Å². The predicted octanol–water partition coefficient (Wildman–Crippen LogP) is 4.66. The lowest BCUT2D eigenvalue weighted by atomic mass is 10.1. The maximum atomic E-state index is 4.38. The van der Waals surface area contributed by atoms with Crippen molar-refractivity contribution in [1.82, 2.24) is 10.3 Å². The average molecular weight is 294 g/mol. The molecule has 0 bridgehead atoms. The van der Waals surface area contributed by atoms with E-state index >= 15 is 0 Å². The third-order valence-electron chi connectivity index (χ3n) is 3.47. The topological polar surface area (TPSA) is 24.9 Å². The Balaban J connectivity index is 1.63. The summed E-state index contributed by atoms with van der Waals surface area (Å²) >= 11 is 1.80. The van der Waals surface area contributed by atoms with Gasteiger partial charge in [0.15, 0.2) is 0 Å². The van der Waals surface area contributed by atoms with Crippen molar-refractivity contribution in [3.8, 4) is 11.1 Å². The van der Waals surface area contributed by atoms with Gasteiger partial charge in [0.1, 0.15) is 0 Å². The van der Waals surface area contributed by atoms with Crippen molar-refractivity contribution < 1.29 is 0 Å². The largest absolute Gasteiger partial charge is 0.304 e. The molecule has 0 unspecified atom stereocenters. The van der Waals surface area contributed by atoms with E-state index in [-0.39, 0.29) is 6.04 Å². The molecule has 0 amide bonds. The number of nitrogens with one attached hydrogen (secondary N) is 1. The van der Waals surface area contributed by atoms with Gasteiger partial charge in [0.25, 0.3) is 0 Å². The molecule has 0 saturated carbocycles. The lowest BCUT2D eigenvalue weighted by Crippen LogP contribution is -2.18. The zero-order valence-corrected chi connectivity index (χ0v) is 12.8. The van der Waals surface area contributed by atoms with Crippen LogP contribution in [0.15, 0.2) is 66.2 Å². The first-order valence-corrected chi connectivity index (χ1v) is 7.98. The maximum Gasteiger partial charge on any atom is 0.0570 e. The van der Waals surface area contributed by atoms with Crippen molar-refractivity contribution >= 4 is 11.3 Å². The van der Waals surface area contributed by atoms with Crippen LogP contribution in [0.2, 0.25) is 0 Å². The molecular formula is C18H18N2S. The standard InChI is InChI=1S/C18H18N2S/c1-14(18-9-5-6-10-19-18)20-12-17-11-16(13-21-17)15-7-3-2-4-8-15/h2-11,13-14,20H,12H2,1H3/t14-/m1/s1. The highest BCUT2D eigenvalue weighted by Crippen LogP contribution is 2.25. The van der Waals surface area contributed by atoms with Crippen LogP contribution in [0.5, 0.6) is 0 Å². The summed E-state index contributed by atoms with van der Waals surface area (Å²) in [6.07, 6.45) is 1.84. The fourth-order valence-electron chi connectivity index (χ4n) is 2.25. The molecule has 0 radical (unpaired) electrons. The van der Waals surface area contributed by atoms with Gasteiger partial charge in [0.2, 0.25) is 0 Å². The molecule has 2 heterocycles. The second kappa shape index (κ2) is 6.66. The number of pyridine rings is 1. The van der Waals surface area contributed by atoms with Gasteiger partial charge in [-0.25, -0.2) is 0 Å². The molecule has 3 heteroatoms. The van der Waals surface area contributed by atoms with Crippen LogP contribution in [0.4, 0.5) is 0 Å². The van der Waals surface area contributed by atoms with Crippen LogP contribution in [0.1, 0.15) is 23.5 Å². The van der Waals surface area contributed by atoms with Gasteiger partial charge in [-0.1, -0.05) is 36.4 Å². The summed E-state index contributed by atoms with van der Waals surface area (Å²) in [5, 5.41) is 5.75. The number of aromatic nitrogens is 1. The summed E-state index contributed by atoms with van der Waals surface area (Å²) < 4.78 is 0. The highest BCUT2D eigenvalue weighted by molar-refractivity contribution is 7.10. The SMILES string of the molecule is C[C@@H](NCc1cc(-c2ccccc2)cs1)c1ccccn1. The van der Waals surface area contributed by atoms with Gasteiger partial charge in [-0.05, 0) is 41.6 Å². The van der Waals surface area contributed by atoms with Crippen molar-refractivity contribution in [2.75, 3.05) is 0 Å². The molecule has 0 saturated heterocycles. The van der Waals surface area contributed by atoms with E-state index in [0.29, 0.717) is 0 Å². The Bertz CT molecular complexity index is 677. The summed E-state index contributed by atoms with van der Waals surface area (Å²) in [4.78, 5) is 5.73. The van der Waals surface area contributed by atoms with Gasteiger partial charge in [-0.2, -0.15) is 0 Å². The number of thiophene rings is 1. The molecule has 0 fully saturated rings. The lowest BCUT2D eigenvalue weighted by molar-refractivity contribution is 0.565. The Hall–Kier alpha value is -1.97. The summed E-state index contributed by atoms with van der Waals surface area (Å²) in [7, 11) is 0. The zero-order valence-electron chi connectivity index (χ0n) is 12.0. The minimum Gasteiger partial charge on any atom is -0.304 e. The minimum absolute atomic E-state index is 0.258. The predicted molar refractivity (Wildman–Crippen MR) is 89.2 cm³/mol. The van der Waals surface area contributed by atoms with Crippen LogP contribution in [0, 0.1) is 0 Å². The van der Waals surface area contributed by atoms with E-state index in [9.17, 15) is 0 Å². The Labute approximate surface area is 129 Å². The molecule has 0 aliphatic carbocycles. The molecule has 1 aromatic carbocycles. The molecule has 2 nitrogen and oxygen atoms in total. The summed E-state index contributed by atoms with van der Waals surface area (Å²) in [6, 6.07) is 19.1. The van der Waals surface area contributed by atoms with Gasteiger partial charge in [-0.3, -0.25) is 4.98 Å². The molecule has 0 aliphatic rings. The second-order valence-corrected chi connectivity index (χ2v) is 6.02. The molecule has 1 N–H and O–H groups in total. The van der Waals surface area contributed by atoms with Gasteiger partial charge >= 0.3 is 0 Å². The molecule has 21 heavy (non-hydrogen) atoms. The van der Waals surface area contributed by atoms with Crippen LogP contribution in [-0.2, 0) is 6.54 Å². The quantitative estimate of drug-likeness (QED) is 0.740.